The molecule has 0 aromatic carbocycles. The largest absolute Gasteiger partial charge is 0.465 e. The van der Waals surface area contributed by atoms with Gasteiger partial charge in [0, 0.05) is 19.1 Å². The van der Waals surface area contributed by atoms with Crippen LogP contribution in [0.2, 0.25) is 0 Å². The minimum atomic E-state index is -0.800. The van der Waals surface area contributed by atoms with Crippen molar-refractivity contribution in [2.24, 2.45) is 17.6 Å². The van der Waals surface area contributed by atoms with Gasteiger partial charge in [0.05, 0.1) is 0 Å². The van der Waals surface area contributed by atoms with Crippen LogP contribution >= 0.6 is 0 Å². The molecule has 0 aromatic heterocycles. The van der Waals surface area contributed by atoms with E-state index in [-0.39, 0.29) is 6.04 Å². The van der Waals surface area contributed by atoms with E-state index in [2.05, 4.69) is 13.8 Å². The number of hydrogen-bond acceptors (Lipinski definition) is 2. The molecule has 4 heteroatoms. The molecule has 1 aliphatic heterocycles. The second-order valence-corrected chi connectivity index (χ2v) is 4.90. The number of piperidine rings is 1. The number of nitrogens with two attached hydrogens (primary N) is 1. The molecule has 1 heterocycles. The fraction of sp³-hybridized carbons (Fsp3) is 0.909. The Morgan fingerprint density at radius 2 is 2.00 bits per heavy atom. The summed E-state index contributed by atoms with van der Waals surface area (Å²) in [6.07, 6.45) is 2.07. The van der Waals surface area contributed by atoms with Gasteiger partial charge >= 0.3 is 6.09 Å². The van der Waals surface area contributed by atoms with Crippen LogP contribution in [0.3, 0.4) is 0 Å². The van der Waals surface area contributed by atoms with E-state index in [0.29, 0.717) is 24.9 Å². The Kier molecular flexibility index (Phi) is 4.39. The Morgan fingerprint density at radius 1 is 1.47 bits per heavy atom. The Balaban J connectivity index is 2.33. The number of hydrogen-bond donors (Lipinski definition) is 2. The van der Waals surface area contributed by atoms with Gasteiger partial charge in [-0.3, -0.25) is 0 Å². The average Bonchev–Trinajstić information content (AvgIpc) is 2.17. The van der Waals surface area contributed by atoms with E-state index in [1.54, 1.807) is 0 Å². The van der Waals surface area contributed by atoms with Gasteiger partial charge in [-0.1, -0.05) is 13.8 Å². The van der Waals surface area contributed by atoms with E-state index in [4.69, 9.17) is 10.8 Å². The van der Waals surface area contributed by atoms with E-state index in [1.165, 1.54) is 4.90 Å². The van der Waals surface area contributed by atoms with Crippen molar-refractivity contribution in [3.8, 4) is 0 Å². The molecule has 1 rings (SSSR count). The van der Waals surface area contributed by atoms with Crippen LogP contribution in [-0.2, 0) is 0 Å². The molecule has 1 saturated heterocycles. The molecule has 88 valence electrons. The zero-order chi connectivity index (χ0) is 11.4. The number of amides is 1. The second kappa shape index (κ2) is 5.35. The Morgan fingerprint density at radius 3 is 2.40 bits per heavy atom. The van der Waals surface area contributed by atoms with Crippen molar-refractivity contribution in [3.63, 3.8) is 0 Å². The first-order chi connectivity index (χ1) is 7.00. The van der Waals surface area contributed by atoms with Crippen molar-refractivity contribution in [2.45, 2.75) is 39.2 Å². The third kappa shape index (κ3) is 3.70. The normalized spacial score (nSPS) is 20.7. The number of likely N-dealkylation sites (tertiary alicyclic amines) is 1. The lowest BCUT2D eigenvalue weighted by Gasteiger charge is -2.33. The van der Waals surface area contributed by atoms with Crippen LogP contribution in [0.15, 0.2) is 0 Å². The zero-order valence-electron chi connectivity index (χ0n) is 9.65. The average molecular weight is 214 g/mol. The van der Waals surface area contributed by atoms with Crippen LogP contribution in [0.1, 0.15) is 33.1 Å². The highest BCUT2D eigenvalue weighted by Crippen LogP contribution is 2.23. The second-order valence-electron chi connectivity index (χ2n) is 4.90. The van der Waals surface area contributed by atoms with Crippen LogP contribution < -0.4 is 5.73 Å². The highest BCUT2D eigenvalue weighted by Gasteiger charge is 2.26. The maximum atomic E-state index is 10.7. The monoisotopic (exact) mass is 214 g/mol. The van der Waals surface area contributed by atoms with E-state index in [9.17, 15) is 4.79 Å². The number of rotatable bonds is 3. The number of carbonyl (C=O) groups is 1. The van der Waals surface area contributed by atoms with E-state index < -0.39 is 6.09 Å². The zero-order valence-corrected chi connectivity index (χ0v) is 9.65. The van der Waals surface area contributed by atoms with Gasteiger partial charge in [-0.2, -0.15) is 0 Å². The Hall–Kier alpha value is -0.770. The van der Waals surface area contributed by atoms with Gasteiger partial charge < -0.3 is 15.7 Å². The van der Waals surface area contributed by atoms with Crippen LogP contribution in [-0.4, -0.2) is 35.2 Å². The molecule has 1 atom stereocenters. The van der Waals surface area contributed by atoms with Crippen molar-refractivity contribution < 1.29 is 9.90 Å². The maximum absolute atomic E-state index is 10.7. The van der Waals surface area contributed by atoms with Gasteiger partial charge in [0.15, 0.2) is 0 Å². The standard InChI is InChI=1S/C11H22N2O2/c1-8(2)7-10(12)9-3-5-13(6-4-9)11(14)15/h8-10H,3-7,12H2,1-2H3,(H,14,15). The molecule has 0 bridgehead atoms. The molecule has 0 aliphatic carbocycles. The molecule has 1 aliphatic rings. The molecule has 0 saturated carbocycles. The lowest BCUT2D eigenvalue weighted by molar-refractivity contribution is 0.118. The summed E-state index contributed by atoms with van der Waals surface area (Å²) in [6.45, 7) is 5.63. The van der Waals surface area contributed by atoms with Crippen LogP contribution in [0.5, 0.6) is 0 Å². The first-order valence-electron chi connectivity index (χ1n) is 5.74. The molecule has 1 fully saturated rings. The molecule has 0 aromatic rings. The van der Waals surface area contributed by atoms with E-state index in [0.717, 1.165) is 19.3 Å². The van der Waals surface area contributed by atoms with Crippen molar-refractivity contribution in [1.82, 2.24) is 4.90 Å². The first-order valence-corrected chi connectivity index (χ1v) is 5.74. The lowest BCUT2D eigenvalue weighted by atomic mass is 9.86. The Labute approximate surface area is 91.4 Å². The third-order valence-electron chi connectivity index (χ3n) is 3.16. The lowest BCUT2D eigenvalue weighted by Crippen LogP contribution is -2.43. The first kappa shape index (κ1) is 12.3. The summed E-state index contributed by atoms with van der Waals surface area (Å²) in [6, 6.07) is 0.237. The number of carboxylic acid groups (broad SMARTS) is 1. The SMILES string of the molecule is CC(C)CC(N)C1CCN(C(=O)O)CC1. The minimum absolute atomic E-state index is 0.237. The molecular formula is C11H22N2O2. The van der Waals surface area contributed by atoms with Gasteiger partial charge in [0.2, 0.25) is 0 Å². The highest BCUT2D eigenvalue weighted by molar-refractivity contribution is 5.64. The third-order valence-corrected chi connectivity index (χ3v) is 3.16. The molecule has 1 amide bonds. The fourth-order valence-electron chi connectivity index (χ4n) is 2.26. The number of nitrogens with zero attached hydrogens (tertiary/aromatic N) is 1. The molecule has 3 N–H and O–H groups in total. The summed E-state index contributed by atoms with van der Waals surface area (Å²) in [7, 11) is 0. The molecular weight excluding hydrogens is 192 g/mol. The van der Waals surface area contributed by atoms with Crippen molar-refractivity contribution in [2.75, 3.05) is 13.1 Å². The summed E-state index contributed by atoms with van der Waals surface area (Å²) >= 11 is 0. The van der Waals surface area contributed by atoms with Crippen molar-refractivity contribution in [3.05, 3.63) is 0 Å². The minimum Gasteiger partial charge on any atom is -0.465 e. The molecule has 1 unspecified atom stereocenters. The van der Waals surface area contributed by atoms with Crippen molar-refractivity contribution in [1.29, 1.82) is 0 Å². The van der Waals surface area contributed by atoms with E-state index in [1.807, 2.05) is 0 Å². The summed E-state index contributed by atoms with van der Waals surface area (Å²) in [5.41, 5.74) is 6.10. The summed E-state index contributed by atoms with van der Waals surface area (Å²) < 4.78 is 0. The summed E-state index contributed by atoms with van der Waals surface area (Å²) in [4.78, 5) is 12.2. The fourth-order valence-corrected chi connectivity index (χ4v) is 2.26. The van der Waals surface area contributed by atoms with Crippen LogP contribution in [0.25, 0.3) is 0 Å². The topological polar surface area (TPSA) is 66.6 Å². The quantitative estimate of drug-likeness (QED) is 0.752. The van der Waals surface area contributed by atoms with Crippen LogP contribution in [0, 0.1) is 11.8 Å². The van der Waals surface area contributed by atoms with Gasteiger partial charge in [-0.05, 0) is 31.1 Å². The predicted molar refractivity (Wildman–Crippen MR) is 59.8 cm³/mol. The molecule has 4 nitrogen and oxygen atoms in total. The van der Waals surface area contributed by atoms with Gasteiger partial charge in [0.1, 0.15) is 0 Å². The van der Waals surface area contributed by atoms with Gasteiger partial charge in [0.25, 0.3) is 0 Å². The van der Waals surface area contributed by atoms with E-state index >= 15 is 0 Å². The Bertz CT molecular complexity index is 211. The summed E-state index contributed by atoms with van der Waals surface area (Å²) in [5, 5.41) is 8.80. The van der Waals surface area contributed by atoms with Gasteiger partial charge in [-0.25, -0.2) is 4.79 Å². The smallest absolute Gasteiger partial charge is 0.407 e. The molecule has 0 spiro atoms. The maximum Gasteiger partial charge on any atom is 0.407 e. The van der Waals surface area contributed by atoms with Gasteiger partial charge in [-0.15, -0.1) is 0 Å². The highest BCUT2D eigenvalue weighted by atomic mass is 16.4. The summed E-state index contributed by atoms with van der Waals surface area (Å²) in [5.74, 6) is 1.13. The van der Waals surface area contributed by atoms with Crippen molar-refractivity contribution >= 4 is 6.09 Å². The molecule has 15 heavy (non-hydrogen) atoms. The predicted octanol–water partition coefficient (Wildman–Crippen LogP) is 1.75. The molecule has 0 radical (unpaired) electrons. The van der Waals surface area contributed by atoms with Crippen LogP contribution in [0.4, 0.5) is 4.79 Å².